The molecule has 1 rings (SSSR count). The molecule has 1 heterocycles. The van der Waals surface area contributed by atoms with E-state index in [2.05, 4.69) is 0 Å². The number of carboxylic acid groups (broad SMARTS) is 2. The van der Waals surface area contributed by atoms with Crippen LogP contribution in [0.5, 0.6) is 0 Å². The van der Waals surface area contributed by atoms with Crippen LogP contribution in [0.4, 0.5) is 0 Å². The zero-order valence-electron chi connectivity index (χ0n) is 16.1. The fourth-order valence-corrected chi connectivity index (χ4v) is 2.62. The van der Waals surface area contributed by atoms with E-state index in [9.17, 15) is 39.9 Å². The number of likely N-dealkylation sites (N-methyl/N-ethyl adjacent to an activating group) is 1. The highest BCUT2D eigenvalue weighted by Crippen LogP contribution is 2.24. The highest BCUT2D eigenvalue weighted by molar-refractivity contribution is 5.84. The first-order chi connectivity index (χ1) is 13.8. The lowest BCUT2D eigenvalue weighted by Crippen LogP contribution is -2.70. The van der Waals surface area contributed by atoms with E-state index in [0.29, 0.717) is 0 Å². The summed E-state index contributed by atoms with van der Waals surface area (Å²) in [6.07, 6.45) is -7.25. The van der Waals surface area contributed by atoms with E-state index < -0.39 is 74.0 Å². The van der Waals surface area contributed by atoms with Gasteiger partial charge in [0.2, 0.25) is 5.91 Å². The average Bonchev–Trinajstić information content (AvgIpc) is 2.65. The van der Waals surface area contributed by atoms with Gasteiger partial charge in [0.05, 0.1) is 38.3 Å². The zero-order valence-corrected chi connectivity index (χ0v) is 16.1. The Kier molecular flexibility index (Phi) is 11.2. The standard InChI is InChI=1S/C11H22N4O6.C4H6O5/c1-14(11(12)13)2-7(18)15-5(3-16)8(19)10(21)9(20)6(15)4-17;5-2(4(8)9)1-3(6)7/h5-6,8-10,16-17,19-21H,2-4H2,1H3,(H3,12,13);2,5H,1H2,(H,6,7)(H,8,9)/t5-,6-,8-,9+,10?;/m1./s1. The molecule has 1 amide bonds. The quantitative estimate of drug-likeness (QED) is 0.131. The van der Waals surface area contributed by atoms with Crippen molar-refractivity contribution in [3.8, 4) is 0 Å². The lowest BCUT2D eigenvalue weighted by Gasteiger charge is -2.48. The van der Waals surface area contributed by atoms with Crippen LogP contribution < -0.4 is 5.73 Å². The first-order valence-electron chi connectivity index (χ1n) is 8.54. The molecule has 30 heavy (non-hydrogen) atoms. The lowest BCUT2D eigenvalue weighted by atomic mass is 9.88. The molecule has 6 atom stereocenters. The number of guanidine groups is 1. The number of aliphatic hydroxyl groups is 6. The Hall–Kier alpha value is -2.56. The monoisotopic (exact) mass is 440 g/mol. The second-order valence-corrected chi connectivity index (χ2v) is 6.47. The number of carbonyl (C=O) groups is 3. The van der Waals surface area contributed by atoms with Crippen molar-refractivity contribution in [3.05, 3.63) is 0 Å². The van der Waals surface area contributed by atoms with Crippen molar-refractivity contribution in [2.24, 2.45) is 5.73 Å². The third-order valence-electron chi connectivity index (χ3n) is 4.30. The Bertz CT molecular complexity index is 601. The van der Waals surface area contributed by atoms with Gasteiger partial charge < -0.3 is 56.4 Å². The predicted octanol–water partition coefficient (Wildman–Crippen LogP) is -5.64. The summed E-state index contributed by atoms with van der Waals surface area (Å²) >= 11 is 0. The summed E-state index contributed by atoms with van der Waals surface area (Å²) in [5, 5.41) is 79.4. The fourth-order valence-electron chi connectivity index (χ4n) is 2.62. The number of hydrogen-bond donors (Lipinski definition) is 10. The number of hydrogen-bond acceptors (Lipinski definition) is 10. The Morgan fingerprint density at radius 3 is 1.73 bits per heavy atom. The minimum absolute atomic E-state index is 0.335. The summed E-state index contributed by atoms with van der Waals surface area (Å²) in [4.78, 5) is 33.7. The van der Waals surface area contributed by atoms with E-state index in [-0.39, 0.29) is 12.5 Å². The number of piperidine rings is 1. The molecule has 0 aliphatic carbocycles. The van der Waals surface area contributed by atoms with Crippen molar-refractivity contribution >= 4 is 23.8 Å². The maximum atomic E-state index is 12.3. The van der Waals surface area contributed by atoms with Crippen molar-refractivity contribution < 1.29 is 55.2 Å². The molecule has 0 aromatic carbocycles. The smallest absolute Gasteiger partial charge is 0.333 e. The first-order valence-corrected chi connectivity index (χ1v) is 8.54. The molecule has 2 unspecified atom stereocenters. The number of carboxylic acids is 2. The zero-order chi connectivity index (χ0) is 23.8. The molecule has 11 N–H and O–H groups in total. The third kappa shape index (κ3) is 7.36. The van der Waals surface area contributed by atoms with Gasteiger partial charge >= 0.3 is 11.9 Å². The van der Waals surface area contributed by atoms with E-state index in [0.717, 1.165) is 9.80 Å². The number of nitrogens with zero attached hydrogens (tertiary/aromatic N) is 2. The van der Waals surface area contributed by atoms with Crippen LogP contribution in [-0.2, 0) is 14.4 Å². The van der Waals surface area contributed by atoms with E-state index in [1.165, 1.54) is 7.05 Å². The molecule has 0 radical (unpaired) electrons. The normalized spacial score (nSPS) is 26.8. The largest absolute Gasteiger partial charge is 0.481 e. The maximum Gasteiger partial charge on any atom is 0.333 e. The minimum atomic E-state index is -1.79. The second-order valence-electron chi connectivity index (χ2n) is 6.47. The number of likely N-dealkylation sites (tertiary alicyclic amines) is 1. The van der Waals surface area contributed by atoms with Gasteiger partial charge in [-0.15, -0.1) is 0 Å². The molecule has 1 aliphatic rings. The van der Waals surface area contributed by atoms with E-state index >= 15 is 0 Å². The Morgan fingerprint density at radius 1 is 1.03 bits per heavy atom. The highest BCUT2D eigenvalue weighted by Gasteiger charge is 2.49. The molecular formula is C15H28N4O11. The summed E-state index contributed by atoms with van der Waals surface area (Å²) in [6.45, 7) is -1.65. The topological polar surface area (TPSA) is 269 Å². The number of amides is 1. The van der Waals surface area contributed by atoms with Crippen molar-refractivity contribution in [3.63, 3.8) is 0 Å². The van der Waals surface area contributed by atoms with Crippen molar-refractivity contribution in [1.29, 1.82) is 5.41 Å². The number of aliphatic hydroxyl groups excluding tert-OH is 6. The number of aliphatic carboxylic acids is 2. The second kappa shape index (κ2) is 12.2. The predicted molar refractivity (Wildman–Crippen MR) is 97.1 cm³/mol. The Morgan fingerprint density at radius 2 is 1.47 bits per heavy atom. The molecule has 0 saturated carbocycles. The Balaban J connectivity index is 0.000000787. The van der Waals surface area contributed by atoms with Crippen LogP contribution >= 0.6 is 0 Å². The molecule has 0 spiro atoms. The van der Waals surface area contributed by atoms with E-state index in [4.69, 9.17) is 26.5 Å². The molecular weight excluding hydrogens is 412 g/mol. The highest BCUT2D eigenvalue weighted by atomic mass is 16.4. The van der Waals surface area contributed by atoms with Crippen LogP contribution in [0.15, 0.2) is 0 Å². The molecule has 0 aromatic heterocycles. The van der Waals surface area contributed by atoms with Crippen LogP contribution in [0.1, 0.15) is 6.42 Å². The van der Waals surface area contributed by atoms with Gasteiger partial charge in [-0.1, -0.05) is 0 Å². The van der Waals surface area contributed by atoms with Gasteiger partial charge in [-0.25, -0.2) is 4.79 Å². The molecule has 1 aliphatic heterocycles. The van der Waals surface area contributed by atoms with Crippen LogP contribution in [-0.4, -0.2) is 138 Å². The Labute approximate surface area is 170 Å². The number of carbonyl (C=O) groups excluding carboxylic acids is 1. The average molecular weight is 440 g/mol. The van der Waals surface area contributed by atoms with Crippen LogP contribution in [0.2, 0.25) is 0 Å². The molecule has 0 aromatic rings. The van der Waals surface area contributed by atoms with Gasteiger partial charge in [-0.3, -0.25) is 15.0 Å². The van der Waals surface area contributed by atoms with Crippen LogP contribution in [0.3, 0.4) is 0 Å². The van der Waals surface area contributed by atoms with Gasteiger partial charge in [-0.05, 0) is 0 Å². The number of nitrogens with two attached hydrogens (primary N) is 1. The van der Waals surface area contributed by atoms with Gasteiger partial charge in [0.1, 0.15) is 18.3 Å². The summed E-state index contributed by atoms with van der Waals surface area (Å²) in [6, 6.07) is -2.35. The summed E-state index contributed by atoms with van der Waals surface area (Å²) in [7, 11) is 1.40. The molecule has 1 fully saturated rings. The van der Waals surface area contributed by atoms with E-state index in [1.807, 2.05) is 0 Å². The minimum Gasteiger partial charge on any atom is -0.481 e. The summed E-state index contributed by atoms with van der Waals surface area (Å²) in [5.74, 6) is -3.86. The van der Waals surface area contributed by atoms with Crippen molar-refractivity contribution in [1.82, 2.24) is 9.80 Å². The number of rotatable bonds is 7. The molecule has 174 valence electrons. The van der Waals surface area contributed by atoms with E-state index in [1.54, 1.807) is 0 Å². The van der Waals surface area contributed by atoms with Gasteiger partial charge in [0, 0.05) is 7.05 Å². The van der Waals surface area contributed by atoms with Crippen molar-refractivity contribution in [2.75, 3.05) is 26.8 Å². The SMILES string of the molecule is CN(CC(=O)N1[C@H](CO)[C@H](O)C(O)[C@H](O)[C@H]1CO)C(=N)N.O=C(O)CC(O)C(=O)O. The van der Waals surface area contributed by atoms with Crippen LogP contribution in [0, 0.1) is 5.41 Å². The maximum absolute atomic E-state index is 12.3. The van der Waals surface area contributed by atoms with Gasteiger partial charge in [0.25, 0.3) is 0 Å². The molecule has 1 saturated heterocycles. The third-order valence-corrected chi connectivity index (χ3v) is 4.30. The molecule has 0 bridgehead atoms. The van der Waals surface area contributed by atoms with Gasteiger partial charge in [0.15, 0.2) is 12.1 Å². The summed E-state index contributed by atoms with van der Waals surface area (Å²) in [5.41, 5.74) is 5.23. The summed E-state index contributed by atoms with van der Waals surface area (Å²) < 4.78 is 0. The van der Waals surface area contributed by atoms with Crippen LogP contribution in [0.25, 0.3) is 0 Å². The molecule has 15 nitrogen and oxygen atoms in total. The molecule has 15 heteroatoms. The van der Waals surface area contributed by atoms with Gasteiger partial charge in [-0.2, -0.15) is 0 Å². The van der Waals surface area contributed by atoms with Crippen molar-refractivity contribution in [2.45, 2.75) is 42.9 Å². The first kappa shape index (κ1) is 27.4. The fraction of sp³-hybridized carbons (Fsp3) is 0.733. The lowest BCUT2D eigenvalue weighted by molar-refractivity contribution is -0.187. The number of nitrogens with one attached hydrogen (secondary N) is 1.